The Morgan fingerprint density at radius 2 is 0.958 bits per heavy atom. The summed E-state index contributed by atoms with van der Waals surface area (Å²) >= 11 is 0. The first-order chi connectivity index (χ1) is 11.9. The number of aliphatic hydroxyl groups is 1. The van der Waals surface area contributed by atoms with Gasteiger partial charge < -0.3 is 28.8 Å². The van der Waals surface area contributed by atoms with Gasteiger partial charge in [-0.25, -0.2) is 0 Å². The number of hydrogen-bond acceptors (Lipinski definition) is 6. The third-order valence-electron chi connectivity index (χ3n) is 3.10. The average Bonchev–Trinajstić information content (AvgIpc) is 2.62. The van der Waals surface area contributed by atoms with Crippen molar-refractivity contribution in [1.29, 1.82) is 0 Å². The number of benzene rings is 1. The lowest BCUT2D eigenvalue weighted by Gasteiger charge is -2.07. The van der Waals surface area contributed by atoms with Crippen molar-refractivity contribution in [3.05, 3.63) is 35.9 Å². The molecule has 0 aromatic heterocycles. The topological polar surface area (TPSA) is 66.4 Å². The molecule has 6 nitrogen and oxygen atoms in total. The molecule has 0 bridgehead atoms. The maximum atomic E-state index is 8.51. The molecule has 1 N–H and O–H groups in total. The van der Waals surface area contributed by atoms with Crippen LogP contribution in [0.3, 0.4) is 0 Å². The third kappa shape index (κ3) is 13.4. The van der Waals surface area contributed by atoms with Gasteiger partial charge in [0.25, 0.3) is 0 Å². The van der Waals surface area contributed by atoms with E-state index in [1.165, 1.54) is 5.56 Å². The molecule has 6 heteroatoms. The predicted octanol–water partition coefficient (Wildman–Crippen LogP) is 1.30. The van der Waals surface area contributed by atoms with E-state index < -0.39 is 0 Å². The van der Waals surface area contributed by atoms with Crippen LogP contribution < -0.4 is 0 Å². The van der Waals surface area contributed by atoms with Crippen LogP contribution in [0.4, 0.5) is 0 Å². The molecule has 0 aliphatic carbocycles. The van der Waals surface area contributed by atoms with Crippen LogP contribution in [0.15, 0.2) is 30.3 Å². The van der Waals surface area contributed by atoms with Crippen molar-refractivity contribution in [3.8, 4) is 0 Å². The Morgan fingerprint density at radius 3 is 1.42 bits per heavy atom. The van der Waals surface area contributed by atoms with E-state index in [0.29, 0.717) is 66.1 Å². The van der Waals surface area contributed by atoms with E-state index in [4.69, 9.17) is 28.8 Å². The maximum absolute atomic E-state index is 8.51. The van der Waals surface area contributed by atoms with Gasteiger partial charge in [-0.05, 0) is 12.0 Å². The summed E-state index contributed by atoms with van der Waals surface area (Å²) in [4.78, 5) is 0. The van der Waals surface area contributed by atoms with Crippen LogP contribution >= 0.6 is 0 Å². The van der Waals surface area contributed by atoms with E-state index in [2.05, 4.69) is 12.1 Å². The van der Waals surface area contributed by atoms with Crippen LogP contribution in [0.25, 0.3) is 0 Å². The number of aliphatic hydroxyl groups excluding tert-OH is 1. The number of ether oxygens (including phenoxy) is 5. The molecule has 0 saturated heterocycles. The van der Waals surface area contributed by atoms with Crippen LogP contribution in [-0.2, 0) is 30.1 Å². The SMILES string of the molecule is OCCOCCOCCOCCOCCOCCc1ccccc1. The highest BCUT2D eigenvalue weighted by atomic mass is 16.6. The Kier molecular flexibility index (Phi) is 14.7. The Hall–Kier alpha value is -1.02. The predicted molar refractivity (Wildman–Crippen MR) is 91.3 cm³/mol. The molecule has 0 fully saturated rings. The summed E-state index contributed by atoms with van der Waals surface area (Å²) in [6.45, 7) is 5.48. The van der Waals surface area contributed by atoms with Gasteiger partial charge in [0.1, 0.15) is 0 Å². The van der Waals surface area contributed by atoms with Gasteiger partial charge >= 0.3 is 0 Å². The van der Waals surface area contributed by atoms with Gasteiger partial charge in [0.05, 0.1) is 72.7 Å². The standard InChI is InChI=1S/C18H30O6/c19-7-9-21-11-13-23-15-17-24-16-14-22-12-10-20-8-6-18-4-2-1-3-5-18/h1-5,19H,6-17H2. The molecular formula is C18H30O6. The second-order valence-electron chi connectivity index (χ2n) is 5.02. The van der Waals surface area contributed by atoms with Gasteiger partial charge in [0.2, 0.25) is 0 Å². The highest BCUT2D eigenvalue weighted by Gasteiger charge is 1.94. The fourth-order valence-electron chi connectivity index (χ4n) is 1.88. The molecule has 0 atom stereocenters. The van der Waals surface area contributed by atoms with Crippen molar-refractivity contribution in [2.45, 2.75) is 6.42 Å². The number of rotatable bonds is 17. The van der Waals surface area contributed by atoms with E-state index in [-0.39, 0.29) is 6.61 Å². The summed E-state index contributed by atoms with van der Waals surface area (Å²) in [5, 5.41) is 8.51. The van der Waals surface area contributed by atoms with Crippen LogP contribution in [0, 0.1) is 0 Å². The van der Waals surface area contributed by atoms with Crippen molar-refractivity contribution in [2.75, 3.05) is 72.7 Å². The second kappa shape index (κ2) is 16.8. The molecule has 0 amide bonds. The van der Waals surface area contributed by atoms with Crippen LogP contribution in [0.5, 0.6) is 0 Å². The van der Waals surface area contributed by atoms with Gasteiger partial charge in [-0.15, -0.1) is 0 Å². The minimum atomic E-state index is 0.0428. The van der Waals surface area contributed by atoms with Crippen LogP contribution in [0.1, 0.15) is 5.56 Å². The summed E-state index contributed by atoms with van der Waals surface area (Å²) in [5.74, 6) is 0. The Bertz CT molecular complexity index is 360. The molecular weight excluding hydrogens is 312 g/mol. The minimum absolute atomic E-state index is 0.0428. The van der Waals surface area contributed by atoms with Crippen molar-refractivity contribution in [2.24, 2.45) is 0 Å². The van der Waals surface area contributed by atoms with Gasteiger partial charge in [-0.3, -0.25) is 0 Å². The Balaban J connectivity index is 1.70. The van der Waals surface area contributed by atoms with E-state index in [9.17, 15) is 0 Å². The van der Waals surface area contributed by atoms with E-state index in [1.54, 1.807) is 0 Å². The molecule has 1 aromatic rings. The molecule has 0 unspecified atom stereocenters. The largest absolute Gasteiger partial charge is 0.394 e. The van der Waals surface area contributed by atoms with E-state index in [1.807, 2.05) is 18.2 Å². The third-order valence-corrected chi connectivity index (χ3v) is 3.10. The summed E-state index contributed by atoms with van der Waals surface area (Å²) in [6.07, 6.45) is 0.926. The maximum Gasteiger partial charge on any atom is 0.0701 e. The fourth-order valence-corrected chi connectivity index (χ4v) is 1.88. The summed E-state index contributed by atoms with van der Waals surface area (Å²) in [7, 11) is 0. The zero-order valence-corrected chi connectivity index (χ0v) is 14.4. The molecule has 0 radical (unpaired) electrons. The van der Waals surface area contributed by atoms with E-state index >= 15 is 0 Å². The van der Waals surface area contributed by atoms with Gasteiger partial charge in [-0.1, -0.05) is 30.3 Å². The molecule has 1 rings (SSSR count). The lowest BCUT2D eigenvalue weighted by Crippen LogP contribution is -2.13. The van der Waals surface area contributed by atoms with Crippen molar-refractivity contribution < 1.29 is 28.8 Å². The Labute approximate surface area is 144 Å². The quantitative estimate of drug-likeness (QED) is 0.431. The first-order valence-corrected chi connectivity index (χ1v) is 8.47. The highest BCUT2D eigenvalue weighted by molar-refractivity contribution is 5.14. The fraction of sp³-hybridized carbons (Fsp3) is 0.667. The molecule has 0 heterocycles. The smallest absolute Gasteiger partial charge is 0.0701 e. The first kappa shape index (κ1) is 21.0. The zero-order valence-electron chi connectivity index (χ0n) is 14.4. The lowest BCUT2D eigenvalue weighted by molar-refractivity contribution is -0.0130. The van der Waals surface area contributed by atoms with Crippen molar-refractivity contribution >= 4 is 0 Å². The van der Waals surface area contributed by atoms with E-state index in [0.717, 1.165) is 6.42 Å². The first-order valence-electron chi connectivity index (χ1n) is 8.47. The molecule has 0 aliphatic rings. The monoisotopic (exact) mass is 342 g/mol. The van der Waals surface area contributed by atoms with Crippen molar-refractivity contribution in [1.82, 2.24) is 0 Å². The average molecular weight is 342 g/mol. The normalized spacial score (nSPS) is 11.0. The summed E-state index contributed by atoms with van der Waals surface area (Å²) in [6, 6.07) is 10.3. The summed E-state index contributed by atoms with van der Waals surface area (Å²) in [5.41, 5.74) is 1.29. The minimum Gasteiger partial charge on any atom is -0.394 e. The lowest BCUT2D eigenvalue weighted by atomic mass is 10.2. The second-order valence-corrected chi connectivity index (χ2v) is 5.02. The Morgan fingerprint density at radius 1 is 0.542 bits per heavy atom. The highest BCUT2D eigenvalue weighted by Crippen LogP contribution is 1.99. The van der Waals surface area contributed by atoms with Crippen LogP contribution in [0.2, 0.25) is 0 Å². The van der Waals surface area contributed by atoms with Gasteiger partial charge in [0.15, 0.2) is 0 Å². The molecule has 24 heavy (non-hydrogen) atoms. The molecule has 1 aromatic carbocycles. The molecule has 0 spiro atoms. The number of hydrogen-bond donors (Lipinski definition) is 1. The van der Waals surface area contributed by atoms with Gasteiger partial charge in [-0.2, -0.15) is 0 Å². The van der Waals surface area contributed by atoms with Crippen molar-refractivity contribution in [3.63, 3.8) is 0 Å². The molecule has 0 saturated carbocycles. The molecule has 0 aliphatic heterocycles. The summed E-state index contributed by atoms with van der Waals surface area (Å²) < 4.78 is 26.7. The van der Waals surface area contributed by atoms with Crippen LogP contribution in [-0.4, -0.2) is 77.8 Å². The zero-order chi connectivity index (χ0) is 17.1. The van der Waals surface area contributed by atoms with Gasteiger partial charge in [0, 0.05) is 0 Å². The molecule has 138 valence electrons.